The summed E-state index contributed by atoms with van der Waals surface area (Å²) in [6, 6.07) is 10.8. The third-order valence-corrected chi connectivity index (χ3v) is 6.03. The highest BCUT2D eigenvalue weighted by Gasteiger charge is 2.33. The van der Waals surface area contributed by atoms with E-state index in [1.165, 1.54) is 16.7 Å². The summed E-state index contributed by atoms with van der Waals surface area (Å²) >= 11 is 16.3. The van der Waals surface area contributed by atoms with Crippen LogP contribution in [0.15, 0.2) is 45.8 Å². The van der Waals surface area contributed by atoms with E-state index in [2.05, 4.69) is 15.9 Å². The normalized spacial score (nSPS) is 15.4. The fraction of sp³-hybridized carbons (Fsp3) is 0.200. The van der Waals surface area contributed by atoms with Crippen molar-refractivity contribution in [2.75, 3.05) is 18.1 Å². The van der Waals surface area contributed by atoms with Gasteiger partial charge in [0.1, 0.15) is 0 Å². The van der Waals surface area contributed by atoms with Crippen molar-refractivity contribution >= 4 is 73.5 Å². The van der Waals surface area contributed by atoms with Gasteiger partial charge in [-0.3, -0.25) is 9.69 Å². The lowest BCUT2D eigenvalue weighted by molar-refractivity contribution is -0.113. The Balaban J connectivity index is 1.96. The van der Waals surface area contributed by atoms with Gasteiger partial charge in [0.2, 0.25) is 0 Å². The molecular formula is C20H17BrClNO3S2. The minimum atomic E-state index is -0.184. The third kappa shape index (κ3) is 4.54. The zero-order valence-electron chi connectivity index (χ0n) is 15.2. The number of carbonyl (C=O) groups excluding carboxylic acids is 1. The van der Waals surface area contributed by atoms with Crippen molar-refractivity contribution in [1.29, 1.82) is 0 Å². The van der Waals surface area contributed by atoms with Crippen LogP contribution in [0.3, 0.4) is 0 Å². The molecule has 1 amide bonds. The van der Waals surface area contributed by atoms with Gasteiger partial charge in [-0.25, -0.2) is 0 Å². The number of benzene rings is 2. The molecule has 4 nitrogen and oxygen atoms in total. The molecule has 0 saturated carbocycles. The molecule has 1 fully saturated rings. The molecule has 1 aliphatic heterocycles. The Morgan fingerprint density at radius 1 is 1.18 bits per heavy atom. The number of hydrogen-bond acceptors (Lipinski definition) is 5. The predicted octanol–water partition coefficient (Wildman–Crippen LogP) is 6.31. The molecule has 1 heterocycles. The Morgan fingerprint density at radius 2 is 1.86 bits per heavy atom. The van der Waals surface area contributed by atoms with Gasteiger partial charge in [0.15, 0.2) is 15.8 Å². The van der Waals surface area contributed by atoms with Crippen molar-refractivity contribution in [3.05, 3.63) is 56.4 Å². The van der Waals surface area contributed by atoms with Gasteiger partial charge in [-0.1, -0.05) is 57.6 Å². The standard InChI is InChI=1S/C20H17BrClNO3S2/c1-3-25-16-8-12(15(21)11-17(16)26-4-2)9-18-19(24)23(20(27)28-18)14-7-5-6-13(22)10-14/h5-11H,3-4H2,1-2H3/b18-9+. The van der Waals surface area contributed by atoms with Crippen LogP contribution in [0, 0.1) is 0 Å². The van der Waals surface area contributed by atoms with E-state index < -0.39 is 0 Å². The molecular weight excluding hydrogens is 482 g/mol. The molecule has 1 saturated heterocycles. The molecule has 1 aliphatic rings. The SMILES string of the molecule is CCOc1cc(Br)c(/C=C2/SC(=S)N(c3cccc(Cl)c3)C2=O)cc1OCC. The number of rotatable bonds is 6. The number of anilines is 1. The van der Waals surface area contributed by atoms with Crippen molar-refractivity contribution in [3.8, 4) is 11.5 Å². The van der Waals surface area contributed by atoms with Crippen molar-refractivity contribution in [2.45, 2.75) is 13.8 Å². The molecule has 0 atom stereocenters. The molecule has 3 rings (SSSR count). The van der Waals surface area contributed by atoms with Gasteiger partial charge in [-0.2, -0.15) is 0 Å². The summed E-state index contributed by atoms with van der Waals surface area (Å²) in [5.41, 5.74) is 1.46. The van der Waals surface area contributed by atoms with E-state index in [0.717, 1.165) is 10.0 Å². The average Bonchev–Trinajstić information content (AvgIpc) is 2.92. The van der Waals surface area contributed by atoms with E-state index in [1.807, 2.05) is 26.0 Å². The van der Waals surface area contributed by atoms with Gasteiger partial charge in [0, 0.05) is 9.50 Å². The van der Waals surface area contributed by atoms with E-state index >= 15 is 0 Å². The van der Waals surface area contributed by atoms with E-state index in [0.29, 0.717) is 44.6 Å². The van der Waals surface area contributed by atoms with Crippen LogP contribution >= 0.6 is 51.5 Å². The molecule has 146 valence electrons. The highest BCUT2D eigenvalue weighted by Crippen LogP contribution is 2.40. The Labute approximate surface area is 187 Å². The van der Waals surface area contributed by atoms with Crippen LogP contribution in [0.25, 0.3) is 6.08 Å². The first-order valence-corrected chi connectivity index (χ1v) is 11.0. The molecule has 28 heavy (non-hydrogen) atoms. The topological polar surface area (TPSA) is 38.8 Å². The minimum Gasteiger partial charge on any atom is -0.490 e. The summed E-state index contributed by atoms with van der Waals surface area (Å²) in [4.78, 5) is 15.0. The van der Waals surface area contributed by atoms with Crippen LogP contribution in [0.1, 0.15) is 19.4 Å². The van der Waals surface area contributed by atoms with Gasteiger partial charge < -0.3 is 9.47 Å². The lowest BCUT2D eigenvalue weighted by Gasteiger charge is -2.14. The number of nitrogens with zero attached hydrogens (tertiary/aromatic N) is 1. The predicted molar refractivity (Wildman–Crippen MR) is 124 cm³/mol. The fourth-order valence-corrected chi connectivity index (χ4v) is 4.56. The Kier molecular flexibility index (Phi) is 7.04. The zero-order valence-corrected chi connectivity index (χ0v) is 19.2. The maximum absolute atomic E-state index is 13.0. The summed E-state index contributed by atoms with van der Waals surface area (Å²) in [6.45, 7) is 4.87. The van der Waals surface area contributed by atoms with E-state index in [9.17, 15) is 4.79 Å². The number of amides is 1. The molecule has 0 radical (unpaired) electrons. The first-order valence-electron chi connectivity index (χ1n) is 8.57. The Bertz CT molecular complexity index is 964. The Morgan fingerprint density at radius 3 is 2.50 bits per heavy atom. The first kappa shape index (κ1) is 21.2. The van der Waals surface area contributed by atoms with Crippen LogP contribution in [0.2, 0.25) is 5.02 Å². The number of thiocarbonyl (C=S) groups is 1. The maximum atomic E-state index is 13.0. The summed E-state index contributed by atoms with van der Waals surface area (Å²) < 4.78 is 12.6. The molecule has 2 aromatic rings. The van der Waals surface area contributed by atoms with Crippen molar-refractivity contribution in [1.82, 2.24) is 0 Å². The second-order valence-corrected chi connectivity index (χ2v) is 8.65. The number of ether oxygens (including phenoxy) is 2. The van der Waals surface area contributed by atoms with Crippen LogP contribution in [0.4, 0.5) is 5.69 Å². The van der Waals surface area contributed by atoms with Gasteiger partial charge in [0.25, 0.3) is 5.91 Å². The second kappa shape index (κ2) is 9.31. The van der Waals surface area contributed by atoms with Gasteiger partial charge in [0.05, 0.1) is 23.8 Å². The lowest BCUT2D eigenvalue weighted by atomic mass is 10.1. The highest BCUT2D eigenvalue weighted by atomic mass is 79.9. The summed E-state index contributed by atoms with van der Waals surface area (Å²) in [5.74, 6) is 1.10. The molecule has 0 unspecified atom stereocenters. The lowest BCUT2D eigenvalue weighted by Crippen LogP contribution is -2.27. The number of halogens is 2. The van der Waals surface area contributed by atoms with Crippen molar-refractivity contribution < 1.29 is 14.3 Å². The van der Waals surface area contributed by atoms with Gasteiger partial charge >= 0.3 is 0 Å². The van der Waals surface area contributed by atoms with E-state index in [4.69, 9.17) is 33.3 Å². The quantitative estimate of drug-likeness (QED) is 0.345. The molecule has 0 spiro atoms. The van der Waals surface area contributed by atoms with Crippen LogP contribution in [-0.2, 0) is 4.79 Å². The largest absolute Gasteiger partial charge is 0.490 e. The molecule has 0 N–H and O–H groups in total. The highest BCUT2D eigenvalue weighted by molar-refractivity contribution is 9.10. The van der Waals surface area contributed by atoms with Gasteiger partial charge in [-0.05, 0) is 55.8 Å². The summed E-state index contributed by atoms with van der Waals surface area (Å²) in [7, 11) is 0. The molecule has 2 aromatic carbocycles. The minimum absolute atomic E-state index is 0.184. The summed E-state index contributed by atoms with van der Waals surface area (Å²) in [5, 5.41) is 0.547. The number of thioether (sulfide) groups is 1. The first-order chi connectivity index (χ1) is 13.4. The van der Waals surface area contributed by atoms with Crippen molar-refractivity contribution in [2.24, 2.45) is 0 Å². The maximum Gasteiger partial charge on any atom is 0.270 e. The molecule has 0 bridgehead atoms. The van der Waals surface area contributed by atoms with E-state index in [-0.39, 0.29) is 5.91 Å². The van der Waals surface area contributed by atoms with Crippen molar-refractivity contribution in [3.63, 3.8) is 0 Å². The fourth-order valence-electron chi connectivity index (χ4n) is 2.64. The average molecular weight is 499 g/mol. The molecule has 0 aromatic heterocycles. The second-order valence-electron chi connectivity index (χ2n) is 5.68. The Hall–Kier alpha value is -1.54. The zero-order chi connectivity index (χ0) is 20.3. The van der Waals surface area contributed by atoms with E-state index in [1.54, 1.807) is 30.3 Å². The molecule has 8 heteroatoms. The smallest absolute Gasteiger partial charge is 0.270 e. The van der Waals surface area contributed by atoms with Crippen LogP contribution in [-0.4, -0.2) is 23.4 Å². The summed E-state index contributed by atoms with van der Waals surface area (Å²) in [6.07, 6.45) is 1.80. The van der Waals surface area contributed by atoms with Crippen LogP contribution < -0.4 is 14.4 Å². The van der Waals surface area contributed by atoms with Gasteiger partial charge in [-0.15, -0.1) is 0 Å². The molecule has 0 aliphatic carbocycles. The van der Waals surface area contributed by atoms with Crippen LogP contribution in [0.5, 0.6) is 11.5 Å². The number of carbonyl (C=O) groups is 1. The number of hydrogen-bond donors (Lipinski definition) is 0. The monoisotopic (exact) mass is 497 g/mol. The third-order valence-electron chi connectivity index (χ3n) is 3.81.